The second-order valence-electron chi connectivity index (χ2n) is 5.69. The molecular weight excluding hydrogens is 336 g/mol. The lowest BCUT2D eigenvalue weighted by atomic mass is 10.1. The van der Waals surface area contributed by atoms with Gasteiger partial charge in [0.25, 0.3) is 11.6 Å². The molecule has 1 amide bonds. The van der Waals surface area contributed by atoms with Gasteiger partial charge in [-0.25, -0.2) is 4.98 Å². The predicted molar refractivity (Wildman–Crippen MR) is 90.0 cm³/mol. The van der Waals surface area contributed by atoms with E-state index in [0.717, 1.165) is 5.56 Å². The molecule has 0 aliphatic heterocycles. The van der Waals surface area contributed by atoms with Crippen LogP contribution in [0.1, 0.15) is 27.6 Å². The summed E-state index contributed by atoms with van der Waals surface area (Å²) in [5, 5.41) is 11.1. The highest BCUT2D eigenvalue weighted by Gasteiger charge is 2.18. The third kappa shape index (κ3) is 2.90. The fourth-order valence-electron chi connectivity index (χ4n) is 2.59. The van der Waals surface area contributed by atoms with E-state index in [9.17, 15) is 4.79 Å². The van der Waals surface area contributed by atoms with Crippen LogP contribution < -0.4 is 5.32 Å². The number of carbonyl (C=O) groups is 1. The summed E-state index contributed by atoms with van der Waals surface area (Å²) in [6.07, 6.45) is 3.29. The van der Waals surface area contributed by atoms with Crippen molar-refractivity contribution in [2.75, 3.05) is 0 Å². The van der Waals surface area contributed by atoms with Crippen LogP contribution in [0.2, 0.25) is 0 Å². The molecule has 4 rings (SSSR count). The van der Waals surface area contributed by atoms with Crippen molar-refractivity contribution in [1.29, 1.82) is 0 Å². The maximum absolute atomic E-state index is 12.6. The molecule has 130 valence electrons. The summed E-state index contributed by atoms with van der Waals surface area (Å²) in [6, 6.07) is 5.24. The number of hydrogen-bond donors (Lipinski definition) is 1. The Morgan fingerprint density at radius 3 is 2.73 bits per heavy atom. The Hall–Kier alpha value is -3.62. The summed E-state index contributed by atoms with van der Waals surface area (Å²) in [7, 11) is 0. The van der Waals surface area contributed by atoms with Gasteiger partial charge in [-0.1, -0.05) is 10.3 Å². The molecule has 0 aromatic carbocycles. The molecule has 0 radical (unpaired) electrons. The number of nitrogens with one attached hydrogen (secondary N) is 1. The molecule has 1 N–H and O–H groups in total. The molecular formula is C17H14N6O3. The highest BCUT2D eigenvalue weighted by molar-refractivity contribution is 6.05. The molecule has 9 nitrogen and oxygen atoms in total. The van der Waals surface area contributed by atoms with Gasteiger partial charge in [0.05, 0.1) is 23.2 Å². The number of pyridine rings is 2. The summed E-state index contributed by atoms with van der Waals surface area (Å²) >= 11 is 0. The molecule has 0 spiro atoms. The van der Waals surface area contributed by atoms with Gasteiger partial charge in [0.2, 0.25) is 11.7 Å². The Labute approximate surface area is 147 Å². The Morgan fingerprint density at radius 2 is 1.92 bits per heavy atom. The van der Waals surface area contributed by atoms with E-state index in [0.29, 0.717) is 39.8 Å². The average Bonchev–Trinajstić information content (AvgIpc) is 3.27. The SMILES string of the molecule is Cc1cc(C(=O)NCc2nc(-c3ccncc3)no2)c2c(C)noc2n1. The van der Waals surface area contributed by atoms with Crippen LogP contribution in [-0.2, 0) is 6.54 Å². The summed E-state index contributed by atoms with van der Waals surface area (Å²) in [5.41, 5.74) is 2.84. The molecule has 4 aromatic heterocycles. The third-order valence-electron chi connectivity index (χ3n) is 3.80. The van der Waals surface area contributed by atoms with Crippen LogP contribution in [0.15, 0.2) is 39.6 Å². The monoisotopic (exact) mass is 350 g/mol. The van der Waals surface area contributed by atoms with Crippen LogP contribution in [0.25, 0.3) is 22.5 Å². The van der Waals surface area contributed by atoms with Gasteiger partial charge in [0, 0.05) is 23.7 Å². The number of aromatic nitrogens is 5. The Kier molecular flexibility index (Phi) is 3.88. The lowest BCUT2D eigenvalue weighted by Gasteiger charge is -2.04. The van der Waals surface area contributed by atoms with Crippen molar-refractivity contribution in [2.45, 2.75) is 20.4 Å². The zero-order chi connectivity index (χ0) is 18.1. The predicted octanol–water partition coefficient (Wildman–Crippen LogP) is 2.21. The lowest BCUT2D eigenvalue weighted by molar-refractivity contribution is 0.0947. The van der Waals surface area contributed by atoms with Gasteiger partial charge in [0.1, 0.15) is 0 Å². The van der Waals surface area contributed by atoms with E-state index in [1.807, 2.05) is 0 Å². The summed E-state index contributed by atoms with van der Waals surface area (Å²) in [6.45, 7) is 3.65. The van der Waals surface area contributed by atoms with Crippen molar-refractivity contribution in [3.63, 3.8) is 0 Å². The van der Waals surface area contributed by atoms with E-state index in [4.69, 9.17) is 9.05 Å². The molecule has 26 heavy (non-hydrogen) atoms. The maximum Gasteiger partial charge on any atom is 0.258 e. The first-order chi connectivity index (χ1) is 12.6. The first kappa shape index (κ1) is 15.9. The van der Waals surface area contributed by atoms with Crippen molar-refractivity contribution in [3.8, 4) is 11.4 Å². The molecule has 9 heteroatoms. The van der Waals surface area contributed by atoms with E-state index in [2.05, 4.69) is 30.6 Å². The second-order valence-corrected chi connectivity index (χ2v) is 5.69. The van der Waals surface area contributed by atoms with Gasteiger partial charge < -0.3 is 14.4 Å². The number of hydrogen-bond acceptors (Lipinski definition) is 8. The molecule has 4 heterocycles. The Balaban J connectivity index is 1.53. The minimum absolute atomic E-state index is 0.101. The van der Waals surface area contributed by atoms with E-state index in [1.165, 1.54) is 0 Å². The third-order valence-corrected chi connectivity index (χ3v) is 3.80. The van der Waals surface area contributed by atoms with Gasteiger partial charge in [0.15, 0.2) is 0 Å². The summed E-state index contributed by atoms with van der Waals surface area (Å²) in [4.78, 5) is 25.1. The van der Waals surface area contributed by atoms with Crippen molar-refractivity contribution < 1.29 is 13.8 Å². The van der Waals surface area contributed by atoms with Crippen molar-refractivity contribution in [3.05, 3.63) is 53.4 Å². The molecule has 0 aliphatic rings. The largest absolute Gasteiger partial charge is 0.343 e. The highest BCUT2D eigenvalue weighted by Crippen LogP contribution is 2.22. The van der Waals surface area contributed by atoms with E-state index < -0.39 is 0 Å². The molecule has 0 saturated heterocycles. The van der Waals surface area contributed by atoms with Crippen LogP contribution in [0, 0.1) is 13.8 Å². The highest BCUT2D eigenvalue weighted by atomic mass is 16.5. The zero-order valence-corrected chi connectivity index (χ0v) is 14.1. The topological polar surface area (TPSA) is 120 Å². The minimum atomic E-state index is -0.296. The van der Waals surface area contributed by atoms with Gasteiger partial charge in [-0.2, -0.15) is 4.98 Å². The van der Waals surface area contributed by atoms with E-state index in [-0.39, 0.29) is 12.5 Å². The second kappa shape index (κ2) is 6.36. The van der Waals surface area contributed by atoms with Crippen LogP contribution in [-0.4, -0.2) is 31.2 Å². The summed E-state index contributed by atoms with van der Waals surface area (Å²) in [5.74, 6) is 0.443. The first-order valence-electron chi connectivity index (χ1n) is 7.86. The summed E-state index contributed by atoms with van der Waals surface area (Å²) < 4.78 is 10.3. The Morgan fingerprint density at radius 1 is 1.12 bits per heavy atom. The van der Waals surface area contributed by atoms with Crippen molar-refractivity contribution >= 4 is 17.0 Å². The van der Waals surface area contributed by atoms with Gasteiger partial charge in [-0.3, -0.25) is 9.78 Å². The van der Waals surface area contributed by atoms with Crippen LogP contribution in [0.4, 0.5) is 0 Å². The van der Waals surface area contributed by atoms with Gasteiger partial charge >= 0.3 is 0 Å². The van der Waals surface area contributed by atoms with Crippen molar-refractivity contribution in [2.24, 2.45) is 0 Å². The normalized spacial score (nSPS) is 11.0. The van der Waals surface area contributed by atoms with E-state index >= 15 is 0 Å². The van der Waals surface area contributed by atoms with Crippen LogP contribution in [0.3, 0.4) is 0 Å². The fraction of sp³-hybridized carbons (Fsp3) is 0.176. The Bertz CT molecular complexity index is 1090. The molecule has 0 fully saturated rings. The van der Waals surface area contributed by atoms with E-state index in [1.54, 1.807) is 44.4 Å². The quantitative estimate of drug-likeness (QED) is 0.595. The number of nitrogens with zero attached hydrogens (tertiary/aromatic N) is 5. The number of rotatable bonds is 4. The van der Waals surface area contributed by atoms with Gasteiger partial charge in [-0.05, 0) is 32.0 Å². The molecule has 4 aromatic rings. The standard InChI is InChI=1S/C17H14N6O3/c1-9-7-12(14-10(2)22-26-17(14)20-9)16(24)19-8-13-21-15(23-25-13)11-3-5-18-6-4-11/h3-7H,8H2,1-2H3,(H,19,24). The molecule has 0 unspecified atom stereocenters. The van der Waals surface area contributed by atoms with Gasteiger partial charge in [-0.15, -0.1) is 0 Å². The molecule has 0 bridgehead atoms. The zero-order valence-electron chi connectivity index (χ0n) is 14.1. The van der Waals surface area contributed by atoms with Crippen LogP contribution >= 0.6 is 0 Å². The number of aryl methyl sites for hydroxylation is 2. The number of amides is 1. The molecule has 0 saturated carbocycles. The lowest BCUT2D eigenvalue weighted by Crippen LogP contribution is -2.23. The first-order valence-corrected chi connectivity index (χ1v) is 7.86. The maximum atomic E-state index is 12.6. The molecule has 0 aliphatic carbocycles. The molecule has 0 atom stereocenters. The number of carbonyl (C=O) groups excluding carboxylic acids is 1. The number of fused-ring (bicyclic) bond motifs is 1. The fourth-order valence-corrected chi connectivity index (χ4v) is 2.59. The smallest absolute Gasteiger partial charge is 0.258 e. The van der Waals surface area contributed by atoms with Crippen LogP contribution in [0.5, 0.6) is 0 Å². The van der Waals surface area contributed by atoms with Crippen molar-refractivity contribution in [1.82, 2.24) is 30.6 Å². The minimum Gasteiger partial charge on any atom is -0.343 e. The average molecular weight is 350 g/mol.